The van der Waals surface area contributed by atoms with Gasteiger partial charge in [0.25, 0.3) is 0 Å². The molecule has 1 atom stereocenters. The summed E-state index contributed by atoms with van der Waals surface area (Å²) < 4.78 is 17.7. The van der Waals surface area contributed by atoms with Crippen LogP contribution in [0.1, 0.15) is 43.4 Å². The first-order valence-corrected chi connectivity index (χ1v) is 10.7. The van der Waals surface area contributed by atoms with Crippen molar-refractivity contribution in [3.63, 3.8) is 0 Å². The van der Waals surface area contributed by atoms with Crippen LogP contribution in [0.4, 0.5) is 0 Å². The molecule has 0 saturated heterocycles. The van der Waals surface area contributed by atoms with E-state index in [2.05, 4.69) is 19.1 Å². The predicted octanol–water partition coefficient (Wildman–Crippen LogP) is 6.07. The molecule has 0 aliphatic rings. The van der Waals surface area contributed by atoms with Crippen molar-refractivity contribution in [3.05, 3.63) is 71.5 Å². The van der Waals surface area contributed by atoms with Crippen molar-refractivity contribution in [1.29, 1.82) is 0 Å². The standard InChI is InChI=1S/C26H30O5/c1-4-20-7-11-25(23(17-20)24-6-5-14-30-24)31-19(3)13-15-29-22-10-8-21(18(2)16-22)9-12-26(27)28/h5-8,10-11,14,16-17,19H,4,9,12-13,15H2,1-3H3,(H,27,28)/t19-/m1/s1. The number of carbonyl (C=O) groups is 1. The van der Waals surface area contributed by atoms with Gasteiger partial charge in [-0.05, 0) is 79.8 Å². The van der Waals surface area contributed by atoms with Gasteiger partial charge < -0.3 is 19.0 Å². The van der Waals surface area contributed by atoms with Gasteiger partial charge in [0.2, 0.25) is 0 Å². The largest absolute Gasteiger partial charge is 0.493 e. The SMILES string of the molecule is CCc1ccc(O[C@H](C)CCOc2ccc(CCC(=O)O)c(C)c2)c(-c2ccco2)c1. The fraction of sp³-hybridized carbons (Fsp3) is 0.346. The highest BCUT2D eigenvalue weighted by Crippen LogP contribution is 2.32. The molecule has 3 rings (SSSR count). The summed E-state index contributed by atoms with van der Waals surface area (Å²) in [5, 5.41) is 8.85. The number of rotatable bonds is 11. The number of aryl methyl sites for hydroxylation is 3. The highest BCUT2D eigenvalue weighted by atomic mass is 16.5. The zero-order valence-corrected chi connectivity index (χ0v) is 18.4. The van der Waals surface area contributed by atoms with Gasteiger partial charge in [0.1, 0.15) is 17.3 Å². The van der Waals surface area contributed by atoms with E-state index in [1.807, 2.05) is 50.2 Å². The van der Waals surface area contributed by atoms with Gasteiger partial charge in [-0.25, -0.2) is 0 Å². The molecule has 164 valence electrons. The van der Waals surface area contributed by atoms with Crippen LogP contribution in [-0.4, -0.2) is 23.8 Å². The molecule has 0 saturated carbocycles. The molecule has 0 aliphatic heterocycles. The van der Waals surface area contributed by atoms with Crippen LogP contribution in [0.5, 0.6) is 11.5 Å². The molecular formula is C26H30O5. The average molecular weight is 423 g/mol. The minimum Gasteiger partial charge on any atom is -0.493 e. The molecule has 0 unspecified atom stereocenters. The van der Waals surface area contributed by atoms with Crippen LogP contribution in [0.25, 0.3) is 11.3 Å². The molecule has 1 heterocycles. The molecule has 5 heteroatoms. The Morgan fingerprint density at radius 3 is 2.68 bits per heavy atom. The Labute approximate surface area is 183 Å². The Balaban J connectivity index is 1.56. The number of ether oxygens (including phenoxy) is 2. The average Bonchev–Trinajstić information content (AvgIpc) is 3.28. The van der Waals surface area contributed by atoms with Crippen molar-refractivity contribution >= 4 is 5.97 Å². The molecule has 31 heavy (non-hydrogen) atoms. The molecule has 0 fully saturated rings. The monoisotopic (exact) mass is 422 g/mol. The van der Waals surface area contributed by atoms with Crippen LogP contribution < -0.4 is 9.47 Å². The summed E-state index contributed by atoms with van der Waals surface area (Å²) in [4.78, 5) is 10.8. The molecule has 0 aliphatic carbocycles. The molecule has 3 aromatic rings. The van der Waals surface area contributed by atoms with Crippen molar-refractivity contribution in [2.45, 2.75) is 52.6 Å². The lowest BCUT2D eigenvalue weighted by Gasteiger charge is -2.18. The normalized spacial score (nSPS) is 11.8. The Kier molecular flexibility index (Phi) is 7.76. The van der Waals surface area contributed by atoms with E-state index in [1.165, 1.54) is 5.56 Å². The molecule has 1 aromatic heterocycles. The summed E-state index contributed by atoms with van der Waals surface area (Å²) in [7, 11) is 0. The third-order valence-corrected chi connectivity index (χ3v) is 5.28. The van der Waals surface area contributed by atoms with Crippen molar-refractivity contribution in [2.75, 3.05) is 6.61 Å². The number of benzene rings is 2. The summed E-state index contributed by atoms with van der Waals surface area (Å²) in [5.41, 5.74) is 4.27. The van der Waals surface area contributed by atoms with E-state index >= 15 is 0 Å². The van der Waals surface area contributed by atoms with Crippen molar-refractivity contribution < 1.29 is 23.8 Å². The lowest BCUT2D eigenvalue weighted by atomic mass is 10.0. The lowest BCUT2D eigenvalue weighted by molar-refractivity contribution is -0.136. The fourth-order valence-electron chi connectivity index (χ4n) is 3.42. The fourth-order valence-corrected chi connectivity index (χ4v) is 3.42. The molecule has 5 nitrogen and oxygen atoms in total. The van der Waals surface area contributed by atoms with Gasteiger partial charge in [-0.2, -0.15) is 0 Å². The number of carboxylic acids is 1. The predicted molar refractivity (Wildman–Crippen MR) is 121 cm³/mol. The first-order chi connectivity index (χ1) is 15.0. The summed E-state index contributed by atoms with van der Waals surface area (Å²) in [6, 6.07) is 15.8. The minimum atomic E-state index is -0.784. The smallest absolute Gasteiger partial charge is 0.303 e. The molecule has 0 radical (unpaired) electrons. The Bertz CT molecular complexity index is 991. The van der Waals surface area contributed by atoms with E-state index in [0.29, 0.717) is 13.0 Å². The first-order valence-electron chi connectivity index (χ1n) is 10.7. The summed E-state index contributed by atoms with van der Waals surface area (Å²) in [5.74, 6) is 1.60. The minimum absolute atomic E-state index is 0.0304. The highest BCUT2D eigenvalue weighted by molar-refractivity contribution is 5.67. The maximum absolute atomic E-state index is 10.8. The van der Waals surface area contributed by atoms with Gasteiger partial charge >= 0.3 is 5.97 Å². The van der Waals surface area contributed by atoms with E-state index in [9.17, 15) is 4.79 Å². The Hall–Kier alpha value is -3.21. The molecule has 1 N–H and O–H groups in total. The molecule has 2 aromatic carbocycles. The summed E-state index contributed by atoms with van der Waals surface area (Å²) in [6.45, 7) is 6.66. The highest BCUT2D eigenvalue weighted by Gasteiger charge is 2.13. The maximum atomic E-state index is 10.8. The summed E-state index contributed by atoms with van der Waals surface area (Å²) in [6.07, 6.45) is 3.98. The second-order valence-corrected chi connectivity index (χ2v) is 7.71. The number of hydrogen-bond acceptors (Lipinski definition) is 4. The molecule has 0 bridgehead atoms. The van der Waals surface area contributed by atoms with Gasteiger partial charge in [-0.1, -0.05) is 19.1 Å². The van der Waals surface area contributed by atoms with Gasteiger partial charge in [0.15, 0.2) is 0 Å². The third-order valence-electron chi connectivity index (χ3n) is 5.28. The molecular weight excluding hydrogens is 392 g/mol. The van der Waals surface area contributed by atoms with E-state index in [4.69, 9.17) is 19.0 Å². The Morgan fingerprint density at radius 2 is 2.00 bits per heavy atom. The number of carboxylic acid groups (broad SMARTS) is 1. The zero-order chi connectivity index (χ0) is 22.2. The van der Waals surface area contributed by atoms with Crippen molar-refractivity contribution in [1.82, 2.24) is 0 Å². The van der Waals surface area contributed by atoms with Gasteiger partial charge in [-0.15, -0.1) is 0 Å². The first kappa shape index (κ1) is 22.5. The van der Waals surface area contributed by atoms with Crippen LogP contribution in [-0.2, 0) is 17.6 Å². The van der Waals surface area contributed by atoms with Crippen molar-refractivity contribution in [3.8, 4) is 22.8 Å². The zero-order valence-electron chi connectivity index (χ0n) is 18.4. The second kappa shape index (κ2) is 10.7. The quantitative estimate of drug-likeness (QED) is 0.406. The van der Waals surface area contributed by atoms with E-state index in [0.717, 1.165) is 46.8 Å². The van der Waals surface area contributed by atoms with E-state index in [1.54, 1.807) is 6.26 Å². The summed E-state index contributed by atoms with van der Waals surface area (Å²) >= 11 is 0. The van der Waals surface area contributed by atoms with Gasteiger partial charge in [-0.3, -0.25) is 4.79 Å². The lowest BCUT2D eigenvalue weighted by Crippen LogP contribution is -2.16. The van der Waals surface area contributed by atoms with Gasteiger partial charge in [0.05, 0.1) is 24.5 Å². The van der Waals surface area contributed by atoms with Gasteiger partial charge in [0, 0.05) is 12.8 Å². The number of hydrogen-bond donors (Lipinski definition) is 1. The van der Waals surface area contributed by atoms with E-state index < -0.39 is 5.97 Å². The van der Waals surface area contributed by atoms with Crippen LogP contribution in [0, 0.1) is 6.92 Å². The van der Waals surface area contributed by atoms with Crippen molar-refractivity contribution in [2.24, 2.45) is 0 Å². The van der Waals surface area contributed by atoms with Crippen LogP contribution >= 0.6 is 0 Å². The maximum Gasteiger partial charge on any atom is 0.303 e. The van der Waals surface area contributed by atoms with E-state index in [-0.39, 0.29) is 12.5 Å². The van der Waals surface area contributed by atoms with Crippen LogP contribution in [0.2, 0.25) is 0 Å². The Morgan fingerprint density at radius 1 is 1.16 bits per heavy atom. The molecule has 0 spiro atoms. The topological polar surface area (TPSA) is 68.9 Å². The van der Waals surface area contributed by atoms with Crippen LogP contribution in [0.3, 0.4) is 0 Å². The second-order valence-electron chi connectivity index (χ2n) is 7.71. The number of aliphatic carboxylic acids is 1. The molecule has 0 amide bonds. The third kappa shape index (κ3) is 6.38. The number of furan rings is 1. The van der Waals surface area contributed by atoms with Crippen LogP contribution in [0.15, 0.2) is 59.2 Å².